The fraction of sp³-hybridized carbons (Fsp3) is 0. The van der Waals surface area contributed by atoms with E-state index in [1.165, 1.54) is 0 Å². The van der Waals surface area contributed by atoms with Gasteiger partial charge in [0, 0.05) is 22.6 Å². The number of allylic oxidation sites excluding steroid dienone is 1. The molecule has 0 amide bonds. The van der Waals surface area contributed by atoms with Crippen molar-refractivity contribution in [3.05, 3.63) is 102 Å². The van der Waals surface area contributed by atoms with Crippen LogP contribution < -0.4 is 5.32 Å². The SMILES string of the molecule is Clc1ccc(C(=CC=Nc2ccccc2)Nc2ccccc2)cc1. The first kappa shape index (κ1) is 16.0. The Hall–Kier alpha value is -2.84. The van der Waals surface area contributed by atoms with E-state index in [2.05, 4.69) is 10.3 Å². The summed E-state index contributed by atoms with van der Waals surface area (Å²) in [5.74, 6) is 0. The van der Waals surface area contributed by atoms with Crippen molar-refractivity contribution < 1.29 is 0 Å². The molecule has 3 aromatic rings. The molecule has 0 heterocycles. The second-order valence-corrected chi connectivity index (χ2v) is 5.63. The molecule has 3 heteroatoms. The van der Waals surface area contributed by atoms with Crippen LogP contribution in [-0.2, 0) is 0 Å². The zero-order valence-corrected chi connectivity index (χ0v) is 13.8. The molecule has 3 aromatic carbocycles. The highest BCUT2D eigenvalue weighted by atomic mass is 35.5. The summed E-state index contributed by atoms with van der Waals surface area (Å²) in [6.07, 6.45) is 3.76. The first-order valence-electron chi connectivity index (χ1n) is 7.69. The van der Waals surface area contributed by atoms with Gasteiger partial charge in [-0.05, 0) is 48.0 Å². The minimum atomic E-state index is 0.718. The highest BCUT2D eigenvalue weighted by molar-refractivity contribution is 6.30. The molecule has 0 saturated heterocycles. The molecule has 0 saturated carbocycles. The smallest absolute Gasteiger partial charge is 0.0629 e. The van der Waals surface area contributed by atoms with Gasteiger partial charge in [0.2, 0.25) is 0 Å². The van der Waals surface area contributed by atoms with Crippen molar-refractivity contribution in [2.24, 2.45) is 4.99 Å². The van der Waals surface area contributed by atoms with Crippen LogP contribution in [0.25, 0.3) is 5.70 Å². The van der Waals surface area contributed by atoms with Crippen LogP contribution in [-0.4, -0.2) is 6.21 Å². The average molecular weight is 333 g/mol. The van der Waals surface area contributed by atoms with Gasteiger partial charge in [-0.3, -0.25) is 4.99 Å². The summed E-state index contributed by atoms with van der Waals surface area (Å²) in [5.41, 5.74) is 3.94. The van der Waals surface area contributed by atoms with Crippen molar-refractivity contribution in [3.63, 3.8) is 0 Å². The van der Waals surface area contributed by atoms with Crippen LogP contribution in [0.2, 0.25) is 5.02 Å². The molecular formula is C21H17ClN2. The molecule has 0 spiro atoms. The van der Waals surface area contributed by atoms with Gasteiger partial charge in [0.15, 0.2) is 0 Å². The maximum absolute atomic E-state index is 5.99. The minimum Gasteiger partial charge on any atom is -0.355 e. The first-order chi connectivity index (χ1) is 11.8. The Balaban J connectivity index is 1.87. The summed E-state index contributed by atoms with van der Waals surface area (Å²) >= 11 is 5.99. The van der Waals surface area contributed by atoms with Gasteiger partial charge in [-0.25, -0.2) is 0 Å². The summed E-state index contributed by atoms with van der Waals surface area (Å²) in [6.45, 7) is 0. The third-order valence-electron chi connectivity index (χ3n) is 3.43. The number of nitrogens with zero attached hydrogens (tertiary/aromatic N) is 1. The Labute approximate surface area is 147 Å². The van der Waals surface area contributed by atoms with Crippen molar-refractivity contribution in [1.29, 1.82) is 0 Å². The zero-order chi connectivity index (χ0) is 16.6. The van der Waals surface area contributed by atoms with Crippen molar-refractivity contribution in [1.82, 2.24) is 0 Å². The molecule has 0 bridgehead atoms. The molecule has 0 aliphatic carbocycles. The fourth-order valence-electron chi connectivity index (χ4n) is 2.23. The van der Waals surface area contributed by atoms with Crippen molar-refractivity contribution in [3.8, 4) is 0 Å². The Morgan fingerprint density at radius 2 is 1.42 bits per heavy atom. The Morgan fingerprint density at radius 1 is 0.792 bits per heavy atom. The van der Waals surface area contributed by atoms with E-state index in [0.29, 0.717) is 0 Å². The maximum atomic E-state index is 5.99. The number of aliphatic imine (C=N–C) groups is 1. The Bertz CT molecular complexity index is 823. The lowest BCUT2D eigenvalue weighted by Gasteiger charge is -2.11. The molecule has 0 aromatic heterocycles. The van der Waals surface area contributed by atoms with Gasteiger partial charge in [0.1, 0.15) is 0 Å². The van der Waals surface area contributed by atoms with Crippen LogP contribution in [0.15, 0.2) is 96.0 Å². The number of hydrogen-bond acceptors (Lipinski definition) is 2. The molecule has 0 unspecified atom stereocenters. The molecular weight excluding hydrogens is 316 g/mol. The molecule has 118 valence electrons. The summed E-state index contributed by atoms with van der Waals surface area (Å²) in [7, 11) is 0. The Morgan fingerprint density at radius 3 is 2.08 bits per heavy atom. The predicted molar refractivity (Wildman–Crippen MR) is 104 cm³/mol. The van der Waals surface area contributed by atoms with Crippen LogP contribution in [0.4, 0.5) is 11.4 Å². The molecule has 0 aliphatic heterocycles. The number of benzene rings is 3. The molecule has 24 heavy (non-hydrogen) atoms. The third kappa shape index (κ3) is 4.58. The number of nitrogens with one attached hydrogen (secondary N) is 1. The fourth-order valence-corrected chi connectivity index (χ4v) is 2.35. The normalized spacial score (nSPS) is 11.6. The van der Waals surface area contributed by atoms with Crippen LogP contribution in [0.5, 0.6) is 0 Å². The van der Waals surface area contributed by atoms with Gasteiger partial charge in [0.25, 0.3) is 0 Å². The molecule has 3 rings (SSSR count). The summed E-state index contributed by atoms with van der Waals surface area (Å²) in [5, 5.41) is 4.15. The van der Waals surface area contributed by atoms with Crippen LogP contribution in [0.3, 0.4) is 0 Å². The second kappa shape index (κ2) is 8.14. The van der Waals surface area contributed by atoms with Gasteiger partial charge in [-0.2, -0.15) is 0 Å². The molecule has 1 N–H and O–H groups in total. The van der Waals surface area contributed by atoms with Gasteiger partial charge < -0.3 is 5.32 Å². The highest BCUT2D eigenvalue weighted by Gasteiger charge is 2.01. The third-order valence-corrected chi connectivity index (χ3v) is 3.68. The number of anilines is 1. The van der Waals surface area contributed by atoms with Crippen molar-refractivity contribution in [2.75, 3.05) is 5.32 Å². The Kier molecular flexibility index (Phi) is 5.44. The summed E-state index contributed by atoms with van der Waals surface area (Å²) < 4.78 is 0. The highest BCUT2D eigenvalue weighted by Crippen LogP contribution is 2.20. The van der Waals surface area contributed by atoms with E-state index in [1.54, 1.807) is 6.21 Å². The molecule has 0 radical (unpaired) electrons. The van der Waals surface area contributed by atoms with Crippen LogP contribution in [0.1, 0.15) is 5.56 Å². The lowest BCUT2D eigenvalue weighted by atomic mass is 10.1. The van der Waals surface area contributed by atoms with E-state index >= 15 is 0 Å². The van der Waals surface area contributed by atoms with E-state index in [-0.39, 0.29) is 0 Å². The number of halogens is 1. The summed E-state index contributed by atoms with van der Waals surface area (Å²) in [6, 6.07) is 27.6. The zero-order valence-electron chi connectivity index (χ0n) is 13.1. The van der Waals surface area contributed by atoms with Gasteiger partial charge in [0.05, 0.1) is 5.69 Å². The molecule has 2 nitrogen and oxygen atoms in total. The van der Waals surface area contributed by atoms with E-state index in [9.17, 15) is 0 Å². The number of para-hydroxylation sites is 2. The average Bonchev–Trinajstić information content (AvgIpc) is 2.63. The monoisotopic (exact) mass is 332 g/mol. The molecule has 0 fully saturated rings. The van der Waals surface area contributed by atoms with Crippen molar-refractivity contribution >= 4 is 34.9 Å². The van der Waals surface area contributed by atoms with Crippen LogP contribution >= 0.6 is 11.6 Å². The maximum Gasteiger partial charge on any atom is 0.0629 e. The topological polar surface area (TPSA) is 24.4 Å². The second-order valence-electron chi connectivity index (χ2n) is 5.19. The van der Waals surface area contributed by atoms with Gasteiger partial charge in [-0.15, -0.1) is 0 Å². The number of hydrogen-bond donors (Lipinski definition) is 1. The van der Waals surface area contributed by atoms with E-state index in [0.717, 1.165) is 27.7 Å². The minimum absolute atomic E-state index is 0.718. The van der Waals surface area contributed by atoms with E-state index in [1.807, 2.05) is 91.0 Å². The molecule has 0 atom stereocenters. The van der Waals surface area contributed by atoms with Gasteiger partial charge >= 0.3 is 0 Å². The first-order valence-corrected chi connectivity index (χ1v) is 8.06. The predicted octanol–water partition coefficient (Wildman–Crippen LogP) is 6.20. The van der Waals surface area contributed by atoms with Crippen molar-refractivity contribution in [2.45, 2.75) is 0 Å². The largest absolute Gasteiger partial charge is 0.355 e. The standard InChI is InChI=1S/C21H17ClN2/c22-18-13-11-17(12-14-18)21(24-20-9-5-2-6-10-20)15-16-23-19-7-3-1-4-8-19/h1-16,24H. The van der Waals surface area contributed by atoms with E-state index < -0.39 is 0 Å². The quantitative estimate of drug-likeness (QED) is 0.553. The van der Waals surface area contributed by atoms with Crippen LogP contribution in [0, 0.1) is 0 Å². The summed E-state index contributed by atoms with van der Waals surface area (Å²) in [4.78, 5) is 4.46. The number of rotatable bonds is 5. The van der Waals surface area contributed by atoms with E-state index in [4.69, 9.17) is 11.6 Å². The molecule has 0 aliphatic rings. The lowest BCUT2D eigenvalue weighted by molar-refractivity contribution is 1.52. The lowest BCUT2D eigenvalue weighted by Crippen LogP contribution is -1.99. The van der Waals surface area contributed by atoms with Gasteiger partial charge in [-0.1, -0.05) is 60.1 Å².